The van der Waals surface area contributed by atoms with Gasteiger partial charge in [0.25, 0.3) is 0 Å². The van der Waals surface area contributed by atoms with E-state index in [-0.39, 0.29) is 11.6 Å². The Labute approximate surface area is 113 Å². The average Bonchev–Trinajstić information content (AvgIpc) is 2.81. The van der Waals surface area contributed by atoms with Crippen molar-refractivity contribution in [2.24, 2.45) is 0 Å². The molecule has 2 heterocycles. The first-order valence-electron chi connectivity index (χ1n) is 6.19. The molecule has 0 aliphatic carbocycles. The van der Waals surface area contributed by atoms with E-state index in [1.165, 1.54) is 12.4 Å². The number of hydrogen-bond acceptors (Lipinski definition) is 4. The first kappa shape index (κ1) is 14.6. The van der Waals surface area contributed by atoms with Crippen molar-refractivity contribution in [2.45, 2.75) is 26.1 Å². The molecule has 1 atom stereocenters. The normalized spacial score (nSPS) is 13.7. The summed E-state index contributed by atoms with van der Waals surface area (Å²) in [6.07, 6.45) is -1.76. The van der Waals surface area contributed by atoms with E-state index in [4.69, 9.17) is 4.74 Å². The maximum atomic E-state index is 12.6. The Hall–Kier alpha value is -1.83. The SMILES string of the molecule is CCOC(C)CNc1nccn2nc(C(F)(F)F)cc12. The van der Waals surface area contributed by atoms with Gasteiger partial charge in [-0.3, -0.25) is 0 Å². The predicted molar refractivity (Wildman–Crippen MR) is 67.6 cm³/mol. The van der Waals surface area contributed by atoms with Crippen molar-refractivity contribution in [3.05, 3.63) is 24.2 Å². The molecule has 0 bridgehead atoms. The number of nitrogens with one attached hydrogen (secondary N) is 1. The van der Waals surface area contributed by atoms with Gasteiger partial charge in [-0.2, -0.15) is 18.3 Å². The molecule has 2 aromatic heterocycles. The zero-order valence-electron chi connectivity index (χ0n) is 11.1. The van der Waals surface area contributed by atoms with Gasteiger partial charge in [0.15, 0.2) is 11.5 Å². The molecule has 0 saturated heterocycles. The van der Waals surface area contributed by atoms with Crippen molar-refractivity contribution < 1.29 is 17.9 Å². The first-order chi connectivity index (χ1) is 9.41. The van der Waals surface area contributed by atoms with Gasteiger partial charge in [0.1, 0.15) is 5.52 Å². The highest BCUT2D eigenvalue weighted by Crippen LogP contribution is 2.29. The van der Waals surface area contributed by atoms with Crippen LogP contribution in [-0.4, -0.2) is 33.9 Å². The molecule has 20 heavy (non-hydrogen) atoms. The summed E-state index contributed by atoms with van der Waals surface area (Å²) in [6, 6.07) is 0.973. The average molecular weight is 288 g/mol. The fourth-order valence-electron chi connectivity index (χ4n) is 1.78. The summed E-state index contributed by atoms with van der Waals surface area (Å²) in [4.78, 5) is 4.04. The van der Waals surface area contributed by atoms with Gasteiger partial charge < -0.3 is 10.1 Å². The van der Waals surface area contributed by atoms with E-state index in [9.17, 15) is 13.2 Å². The summed E-state index contributed by atoms with van der Waals surface area (Å²) in [5.41, 5.74) is -0.657. The molecule has 2 aromatic rings. The second-order valence-corrected chi connectivity index (χ2v) is 4.28. The third kappa shape index (κ3) is 3.19. The first-order valence-corrected chi connectivity index (χ1v) is 6.19. The Morgan fingerprint density at radius 2 is 2.20 bits per heavy atom. The fraction of sp³-hybridized carbons (Fsp3) is 0.500. The van der Waals surface area contributed by atoms with Crippen LogP contribution in [0.2, 0.25) is 0 Å². The van der Waals surface area contributed by atoms with Crippen molar-refractivity contribution in [3.63, 3.8) is 0 Å². The van der Waals surface area contributed by atoms with Crippen LogP contribution in [0.4, 0.5) is 19.0 Å². The summed E-state index contributed by atoms with van der Waals surface area (Å²) in [6.45, 7) is 4.77. The predicted octanol–water partition coefficient (Wildman–Crippen LogP) is 2.58. The van der Waals surface area contributed by atoms with Crippen LogP contribution in [0.15, 0.2) is 18.5 Å². The Morgan fingerprint density at radius 1 is 1.45 bits per heavy atom. The van der Waals surface area contributed by atoms with Crippen LogP contribution in [-0.2, 0) is 10.9 Å². The summed E-state index contributed by atoms with van der Waals surface area (Å²) in [5, 5.41) is 6.46. The van der Waals surface area contributed by atoms with E-state index in [1.54, 1.807) is 0 Å². The van der Waals surface area contributed by atoms with E-state index < -0.39 is 11.9 Å². The van der Waals surface area contributed by atoms with Crippen LogP contribution in [0, 0.1) is 0 Å². The molecule has 1 unspecified atom stereocenters. The molecular weight excluding hydrogens is 273 g/mol. The number of aromatic nitrogens is 3. The van der Waals surface area contributed by atoms with E-state index >= 15 is 0 Å². The van der Waals surface area contributed by atoms with E-state index in [1.807, 2.05) is 13.8 Å². The summed E-state index contributed by atoms with van der Waals surface area (Å²) in [7, 11) is 0. The Morgan fingerprint density at radius 3 is 2.85 bits per heavy atom. The lowest BCUT2D eigenvalue weighted by Crippen LogP contribution is -2.20. The minimum atomic E-state index is -4.47. The highest BCUT2D eigenvalue weighted by molar-refractivity contribution is 5.67. The molecule has 0 amide bonds. The number of halogens is 3. The minimum absolute atomic E-state index is 0.0629. The molecule has 0 fully saturated rings. The monoisotopic (exact) mass is 288 g/mol. The van der Waals surface area contributed by atoms with Gasteiger partial charge in [0, 0.05) is 31.6 Å². The van der Waals surface area contributed by atoms with Crippen molar-refractivity contribution in [1.82, 2.24) is 14.6 Å². The van der Waals surface area contributed by atoms with Gasteiger partial charge >= 0.3 is 6.18 Å². The van der Waals surface area contributed by atoms with E-state index in [0.29, 0.717) is 19.0 Å². The van der Waals surface area contributed by atoms with E-state index in [2.05, 4.69) is 15.4 Å². The number of hydrogen-bond donors (Lipinski definition) is 1. The van der Waals surface area contributed by atoms with Crippen molar-refractivity contribution in [2.75, 3.05) is 18.5 Å². The van der Waals surface area contributed by atoms with Crippen LogP contribution < -0.4 is 5.32 Å². The van der Waals surface area contributed by atoms with Crippen molar-refractivity contribution in [3.8, 4) is 0 Å². The Balaban J connectivity index is 2.23. The molecule has 2 rings (SSSR count). The molecule has 0 aliphatic heterocycles. The Bertz CT molecular complexity index is 582. The molecule has 0 saturated carbocycles. The molecule has 110 valence electrons. The number of nitrogens with zero attached hydrogens (tertiary/aromatic N) is 3. The van der Waals surface area contributed by atoms with Crippen LogP contribution in [0.25, 0.3) is 5.52 Å². The van der Waals surface area contributed by atoms with Gasteiger partial charge in [-0.15, -0.1) is 0 Å². The van der Waals surface area contributed by atoms with Gasteiger partial charge in [-0.05, 0) is 13.8 Å². The molecule has 8 heteroatoms. The van der Waals surface area contributed by atoms with Crippen molar-refractivity contribution >= 4 is 11.3 Å². The van der Waals surface area contributed by atoms with E-state index in [0.717, 1.165) is 10.6 Å². The summed E-state index contributed by atoms with van der Waals surface area (Å²) >= 11 is 0. The topological polar surface area (TPSA) is 51.5 Å². The molecular formula is C12H15F3N4O. The lowest BCUT2D eigenvalue weighted by atomic mass is 10.3. The molecule has 0 radical (unpaired) electrons. The quantitative estimate of drug-likeness (QED) is 0.918. The van der Waals surface area contributed by atoms with Crippen LogP contribution >= 0.6 is 0 Å². The Kier molecular flexibility index (Phi) is 4.12. The van der Waals surface area contributed by atoms with Crippen molar-refractivity contribution in [1.29, 1.82) is 0 Å². The summed E-state index contributed by atoms with van der Waals surface area (Å²) < 4.78 is 44.4. The maximum Gasteiger partial charge on any atom is 0.435 e. The molecule has 0 aliphatic rings. The molecule has 0 spiro atoms. The number of anilines is 1. The standard InChI is InChI=1S/C12H15F3N4O/c1-3-20-8(2)7-17-11-9-6-10(12(13,14)15)18-19(9)5-4-16-11/h4-6,8H,3,7H2,1-2H3,(H,16,17). The third-order valence-corrected chi connectivity index (χ3v) is 2.69. The fourth-order valence-corrected chi connectivity index (χ4v) is 1.78. The zero-order chi connectivity index (χ0) is 14.8. The number of alkyl halides is 3. The molecule has 5 nitrogen and oxygen atoms in total. The number of fused-ring (bicyclic) bond motifs is 1. The number of ether oxygens (including phenoxy) is 1. The van der Waals surface area contributed by atoms with Crippen LogP contribution in [0.5, 0.6) is 0 Å². The second-order valence-electron chi connectivity index (χ2n) is 4.28. The smallest absolute Gasteiger partial charge is 0.377 e. The van der Waals surface area contributed by atoms with Gasteiger partial charge in [-0.25, -0.2) is 9.50 Å². The lowest BCUT2D eigenvalue weighted by Gasteiger charge is -2.13. The second kappa shape index (κ2) is 5.66. The number of rotatable bonds is 5. The van der Waals surface area contributed by atoms with Gasteiger partial charge in [-0.1, -0.05) is 0 Å². The molecule has 1 N–H and O–H groups in total. The van der Waals surface area contributed by atoms with Crippen LogP contribution in [0.3, 0.4) is 0 Å². The van der Waals surface area contributed by atoms with Gasteiger partial charge in [0.05, 0.1) is 6.10 Å². The molecule has 0 aromatic carbocycles. The minimum Gasteiger partial charge on any atom is -0.377 e. The van der Waals surface area contributed by atoms with Gasteiger partial charge in [0.2, 0.25) is 0 Å². The maximum absolute atomic E-state index is 12.6. The highest BCUT2D eigenvalue weighted by Gasteiger charge is 2.34. The highest BCUT2D eigenvalue weighted by atomic mass is 19.4. The third-order valence-electron chi connectivity index (χ3n) is 2.69. The zero-order valence-corrected chi connectivity index (χ0v) is 11.1. The van der Waals surface area contributed by atoms with Crippen LogP contribution in [0.1, 0.15) is 19.5 Å². The summed E-state index contributed by atoms with van der Waals surface area (Å²) in [5.74, 6) is 0.349. The largest absolute Gasteiger partial charge is 0.435 e. The lowest BCUT2D eigenvalue weighted by molar-refractivity contribution is -0.141.